The molecule has 6 rings (SSSR count). The number of likely N-dealkylation sites (N-methyl/N-ethyl adjacent to an activating group) is 1. The summed E-state index contributed by atoms with van der Waals surface area (Å²) >= 11 is 0. The van der Waals surface area contributed by atoms with E-state index in [4.69, 9.17) is 5.10 Å². The Kier molecular flexibility index (Phi) is 8.34. The molecule has 9 nitrogen and oxygen atoms in total. The average Bonchev–Trinajstić information content (AvgIpc) is 3.45. The second-order valence-electron chi connectivity index (χ2n) is 11.0. The first kappa shape index (κ1) is 31.0. The number of anilines is 1. The molecular weight excluding hydrogens is 604 g/mol. The SMILES string of the molecule is CCN1C(=O)C(NC(=O)c2cccc(C(F)(F)F)c2)C(c2ccc(F)cc2)c2c(C(=O)N3CCNCC3)nn(-c3ccccc3)c21. The van der Waals surface area contributed by atoms with Crippen molar-refractivity contribution in [3.63, 3.8) is 0 Å². The first-order valence-electron chi connectivity index (χ1n) is 14.8. The van der Waals surface area contributed by atoms with Gasteiger partial charge in [0.2, 0.25) is 0 Å². The summed E-state index contributed by atoms with van der Waals surface area (Å²) in [4.78, 5) is 45.1. The van der Waals surface area contributed by atoms with Crippen LogP contribution in [0.5, 0.6) is 0 Å². The number of hydrogen-bond donors (Lipinski definition) is 2. The number of halogens is 4. The molecule has 3 amide bonds. The highest BCUT2D eigenvalue weighted by atomic mass is 19.4. The summed E-state index contributed by atoms with van der Waals surface area (Å²) in [5.74, 6) is -3.13. The number of benzene rings is 3. The Morgan fingerprint density at radius 3 is 2.33 bits per heavy atom. The highest BCUT2D eigenvalue weighted by Crippen LogP contribution is 2.44. The van der Waals surface area contributed by atoms with Crippen LogP contribution in [0.3, 0.4) is 0 Å². The number of rotatable bonds is 6. The monoisotopic (exact) mass is 634 g/mol. The van der Waals surface area contributed by atoms with Gasteiger partial charge < -0.3 is 15.5 Å². The highest BCUT2D eigenvalue weighted by Gasteiger charge is 2.47. The predicted octanol–water partition coefficient (Wildman–Crippen LogP) is 4.37. The molecule has 0 bridgehead atoms. The van der Waals surface area contributed by atoms with Crippen LogP contribution in [0.2, 0.25) is 0 Å². The third-order valence-electron chi connectivity index (χ3n) is 8.22. The fraction of sp³-hybridized carbons (Fsp3) is 0.273. The predicted molar refractivity (Wildman–Crippen MR) is 161 cm³/mol. The number of carbonyl (C=O) groups excluding carboxylic acids is 3. The zero-order chi connectivity index (χ0) is 32.6. The number of amides is 3. The molecule has 0 saturated carbocycles. The zero-order valence-corrected chi connectivity index (χ0v) is 24.7. The number of para-hydroxylation sites is 1. The van der Waals surface area contributed by atoms with Crippen LogP contribution >= 0.6 is 0 Å². The molecule has 13 heteroatoms. The minimum atomic E-state index is -4.69. The van der Waals surface area contributed by atoms with Crippen LogP contribution in [0.1, 0.15) is 50.4 Å². The van der Waals surface area contributed by atoms with Crippen LogP contribution in [0.15, 0.2) is 78.9 Å². The first-order valence-corrected chi connectivity index (χ1v) is 14.8. The molecule has 1 aromatic heterocycles. The van der Waals surface area contributed by atoms with E-state index >= 15 is 0 Å². The van der Waals surface area contributed by atoms with Gasteiger partial charge in [-0.25, -0.2) is 9.07 Å². The molecule has 1 saturated heterocycles. The molecule has 4 aromatic rings. The lowest BCUT2D eigenvalue weighted by atomic mass is 9.80. The summed E-state index contributed by atoms with van der Waals surface area (Å²) in [6, 6.07) is 16.8. The van der Waals surface area contributed by atoms with Crippen molar-refractivity contribution < 1.29 is 31.9 Å². The Hall–Kier alpha value is -5.04. The van der Waals surface area contributed by atoms with E-state index in [1.165, 1.54) is 39.9 Å². The number of alkyl halides is 3. The molecule has 2 unspecified atom stereocenters. The summed E-state index contributed by atoms with van der Waals surface area (Å²) in [6.07, 6.45) is -4.69. The molecule has 2 atom stereocenters. The Morgan fingerprint density at radius 2 is 1.67 bits per heavy atom. The molecule has 238 valence electrons. The normalized spacial score (nSPS) is 18.3. The van der Waals surface area contributed by atoms with Crippen molar-refractivity contribution in [1.82, 2.24) is 25.3 Å². The van der Waals surface area contributed by atoms with Gasteiger partial charge in [-0.1, -0.05) is 36.4 Å². The van der Waals surface area contributed by atoms with Gasteiger partial charge in [0, 0.05) is 49.8 Å². The van der Waals surface area contributed by atoms with E-state index in [0.29, 0.717) is 54.9 Å². The van der Waals surface area contributed by atoms with Crippen molar-refractivity contribution in [1.29, 1.82) is 0 Å². The van der Waals surface area contributed by atoms with Crippen molar-refractivity contribution >= 4 is 23.5 Å². The lowest BCUT2D eigenvalue weighted by molar-refractivity contribution is -0.137. The van der Waals surface area contributed by atoms with E-state index in [-0.39, 0.29) is 23.7 Å². The van der Waals surface area contributed by atoms with Gasteiger partial charge in [0.15, 0.2) is 5.69 Å². The fourth-order valence-electron chi connectivity index (χ4n) is 6.01. The molecule has 3 aromatic carbocycles. The molecule has 0 spiro atoms. The van der Waals surface area contributed by atoms with E-state index in [0.717, 1.165) is 12.1 Å². The number of fused-ring (bicyclic) bond motifs is 1. The van der Waals surface area contributed by atoms with E-state index in [1.807, 2.05) is 6.07 Å². The number of carbonyl (C=O) groups is 3. The topological polar surface area (TPSA) is 99.6 Å². The number of piperazine rings is 1. The molecule has 2 aliphatic heterocycles. The second kappa shape index (κ2) is 12.4. The summed E-state index contributed by atoms with van der Waals surface area (Å²) in [6.45, 7) is 3.83. The van der Waals surface area contributed by atoms with Gasteiger partial charge in [0.05, 0.1) is 11.3 Å². The van der Waals surface area contributed by atoms with Crippen molar-refractivity contribution in [3.05, 3.63) is 113 Å². The van der Waals surface area contributed by atoms with Crippen molar-refractivity contribution in [2.75, 3.05) is 37.6 Å². The standard InChI is InChI=1S/C33H30F4N6O3/c1-2-42-30-26(28(31(45)41-17-15-38-16-18-41)40-43(30)24-9-4-3-5-10-24)25(20-11-13-23(34)14-12-20)27(32(42)46)39-29(44)21-7-6-8-22(19-21)33(35,36)37/h3-14,19,25,27,38H,2,15-18H2,1H3,(H,39,44). The Morgan fingerprint density at radius 1 is 0.978 bits per heavy atom. The van der Waals surface area contributed by atoms with E-state index in [1.54, 1.807) is 36.1 Å². The maximum atomic E-state index is 14.3. The number of aromatic nitrogens is 2. The minimum absolute atomic E-state index is 0.0549. The fourth-order valence-corrected chi connectivity index (χ4v) is 6.01. The quantitative estimate of drug-likeness (QED) is 0.307. The molecule has 46 heavy (non-hydrogen) atoms. The van der Waals surface area contributed by atoms with Crippen molar-refractivity contribution in [3.8, 4) is 5.69 Å². The summed E-state index contributed by atoms with van der Waals surface area (Å²) < 4.78 is 56.1. The van der Waals surface area contributed by atoms with Gasteiger partial charge in [-0.3, -0.25) is 19.3 Å². The van der Waals surface area contributed by atoms with Crippen LogP contribution in [0.25, 0.3) is 5.69 Å². The summed E-state index contributed by atoms with van der Waals surface area (Å²) in [5.41, 5.74) is 0.0630. The van der Waals surface area contributed by atoms with Crippen LogP contribution in [0, 0.1) is 5.82 Å². The van der Waals surface area contributed by atoms with Gasteiger partial charge in [-0.2, -0.15) is 18.3 Å². The zero-order valence-electron chi connectivity index (χ0n) is 24.7. The first-order chi connectivity index (χ1) is 22.1. The van der Waals surface area contributed by atoms with E-state index in [9.17, 15) is 31.9 Å². The highest BCUT2D eigenvalue weighted by molar-refractivity contribution is 6.07. The molecule has 2 N–H and O–H groups in total. The van der Waals surface area contributed by atoms with E-state index in [2.05, 4.69) is 10.6 Å². The summed E-state index contributed by atoms with van der Waals surface area (Å²) in [7, 11) is 0. The number of hydrogen-bond acceptors (Lipinski definition) is 5. The van der Waals surface area contributed by atoms with Gasteiger partial charge >= 0.3 is 6.18 Å². The third kappa shape index (κ3) is 5.73. The van der Waals surface area contributed by atoms with Gasteiger partial charge in [0.25, 0.3) is 17.7 Å². The van der Waals surface area contributed by atoms with Gasteiger partial charge in [-0.15, -0.1) is 0 Å². The van der Waals surface area contributed by atoms with Crippen LogP contribution in [-0.4, -0.2) is 71.2 Å². The maximum Gasteiger partial charge on any atom is 0.416 e. The molecule has 1 fully saturated rings. The lowest BCUT2D eigenvalue weighted by Crippen LogP contribution is -2.55. The smallest absolute Gasteiger partial charge is 0.339 e. The molecular formula is C33H30F4N6O3. The van der Waals surface area contributed by atoms with Gasteiger partial charge in [-0.05, 0) is 55.0 Å². The average molecular weight is 635 g/mol. The van der Waals surface area contributed by atoms with Crippen LogP contribution in [-0.2, 0) is 11.0 Å². The number of nitrogens with one attached hydrogen (secondary N) is 2. The molecule has 3 heterocycles. The maximum absolute atomic E-state index is 14.3. The summed E-state index contributed by atoms with van der Waals surface area (Å²) in [5, 5.41) is 10.6. The van der Waals surface area contributed by atoms with Crippen molar-refractivity contribution in [2.45, 2.75) is 25.1 Å². The van der Waals surface area contributed by atoms with Crippen LogP contribution < -0.4 is 15.5 Å². The Bertz CT molecular complexity index is 1770. The lowest BCUT2D eigenvalue weighted by Gasteiger charge is -2.38. The third-order valence-corrected chi connectivity index (χ3v) is 8.22. The Labute approximate surface area is 261 Å². The largest absolute Gasteiger partial charge is 0.416 e. The minimum Gasteiger partial charge on any atom is -0.339 e. The van der Waals surface area contributed by atoms with Crippen molar-refractivity contribution in [2.24, 2.45) is 0 Å². The molecule has 0 radical (unpaired) electrons. The Balaban J connectivity index is 1.55. The second-order valence-corrected chi connectivity index (χ2v) is 11.0. The molecule has 2 aliphatic rings. The number of nitrogens with zero attached hydrogens (tertiary/aromatic N) is 4. The molecule has 0 aliphatic carbocycles. The van der Waals surface area contributed by atoms with Gasteiger partial charge in [0.1, 0.15) is 17.7 Å². The van der Waals surface area contributed by atoms with Crippen LogP contribution in [0.4, 0.5) is 23.4 Å². The van der Waals surface area contributed by atoms with E-state index < -0.39 is 41.3 Å².